The standard InChI is InChI=1S/C23H28N4O4S/c1-4-15(14(2)3)13-24-27-18-11-7-5-9-16(18)21(28)20(23(27)29)22-25-17-10-6-8-12-19(17)32(30,31)26-22/h5-12,14-15,24,28,30-31H,4,13H2,1-3H3,(H,25,26). The van der Waals surface area contributed by atoms with Gasteiger partial charge in [0.05, 0.1) is 11.2 Å². The number of fused-ring (bicyclic) bond motifs is 2. The Hall–Kier alpha value is -3.01. The van der Waals surface area contributed by atoms with Crippen LogP contribution in [-0.2, 0) is 0 Å². The predicted octanol–water partition coefficient (Wildman–Crippen LogP) is 4.83. The van der Waals surface area contributed by atoms with Gasteiger partial charge in [-0.05, 0) is 36.1 Å². The molecule has 0 saturated heterocycles. The predicted molar refractivity (Wildman–Crippen MR) is 130 cm³/mol. The van der Waals surface area contributed by atoms with E-state index in [-0.39, 0.29) is 22.0 Å². The van der Waals surface area contributed by atoms with Crippen molar-refractivity contribution in [1.29, 1.82) is 0 Å². The Morgan fingerprint density at radius 2 is 1.81 bits per heavy atom. The van der Waals surface area contributed by atoms with Crippen molar-refractivity contribution in [2.75, 3.05) is 17.3 Å². The quantitative estimate of drug-likeness (QED) is 0.362. The van der Waals surface area contributed by atoms with E-state index in [1.807, 2.05) is 0 Å². The number of nitrogens with zero attached hydrogens (tertiary/aromatic N) is 2. The van der Waals surface area contributed by atoms with Crippen molar-refractivity contribution in [2.24, 2.45) is 16.2 Å². The minimum absolute atomic E-state index is 0.0802. The third-order valence-electron chi connectivity index (χ3n) is 5.92. The van der Waals surface area contributed by atoms with Crippen LogP contribution in [0.3, 0.4) is 0 Å². The zero-order chi connectivity index (χ0) is 23.0. The average Bonchev–Trinajstić information content (AvgIpc) is 2.75. The first-order valence-electron chi connectivity index (χ1n) is 10.6. The van der Waals surface area contributed by atoms with Crippen molar-refractivity contribution in [2.45, 2.75) is 32.1 Å². The molecule has 0 radical (unpaired) electrons. The fourth-order valence-electron chi connectivity index (χ4n) is 4.00. The van der Waals surface area contributed by atoms with E-state index in [2.05, 4.69) is 35.9 Å². The van der Waals surface area contributed by atoms with Crippen molar-refractivity contribution < 1.29 is 14.2 Å². The van der Waals surface area contributed by atoms with Crippen LogP contribution in [0.15, 0.2) is 62.6 Å². The molecule has 0 bridgehead atoms. The molecule has 0 fully saturated rings. The number of amidine groups is 1. The molecule has 0 aliphatic carbocycles. The van der Waals surface area contributed by atoms with E-state index < -0.39 is 16.3 Å². The molecule has 5 N–H and O–H groups in total. The molecular weight excluding hydrogens is 428 g/mol. The maximum atomic E-state index is 13.6. The first kappa shape index (κ1) is 22.2. The normalized spacial score (nSPS) is 16.8. The van der Waals surface area contributed by atoms with Gasteiger partial charge in [-0.1, -0.05) is 62.2 Å². The van der Waals surface area contributed by atoms with Crippen molar-refractivity contribution in [3.63, 3.8) is 0 Å². The topological polar surface area (TPSA) is 119 Å². The molecule has 1 aliphatic rings. The Labute approximate surface area is 188 Å². The second-order valence-electron chi connectivity index (χ2n) is 8.24. The van der Waals surface area contributed by atoms with Gasteiger partial charge in [0.25, 0.3) is 5.56 Å². The number of aromatic nitrogens is 1. The third-order valence-corrected chi connectivity index (χ3v) is 7.31. The maximum Gasteiger partial charge on any atom is 0.284 e. The van der Waals surface area contributed by atoms with Gasteiger partial charge in [-0.25, -0.2) is 4.68 Å². The zero-order valence-electron chi connectivity index (χ0n) is 18.2. The number of benzene rings is 2. The van der Waals surface area contributed by atoms with Crippen LogP contribution in [0.1, 0.15) is 32.8 Å². The van der Waals surface area contributed by atoms with Gasteiger partial charge < -0.3 is 15.8 Å². The lowest BCUT2D eigenvalue weighted by Gasteiger charge is -2.34. The van der Waals surface area contributed by atoms with Crippen LogP contribution >= 0.6 is 10.8 Å². The maximum absolute atomic E-state index is 13.6. The molecule has 170 valence electrons. The molecule has 1 aromatic heterocycles. The molecule has 8 nitrogen and oxygen atoms in total. The van der Waals surface area contributed by atoms with Crippen molar-refractivity contribution in [1.82, 2.24) is 4.68 Å². The van der Waals surface area contributed by atoms with Crippen molar-refractivity contribution >= 4 is 33.2 Å². The first-order valence-corrected chi connectivity index (χ1v) is 12.1. The van der Waals surface area contributed by atoms with E-state index in [9.17, 15) is 19.0 Å². The fraction of sp³-hybridized carbons (Fsp3) is 0.304. The smallest absolute Gasteiger partial charge is 0.284 e. The van der Waals surface area contributed by atoms with Gasteiger partial charge >= 0.3 is 0 Å². The van der Waals surface area contributed by atoms with Gasteiger partial charge in [0, 0.05) is 11.9 Å². The van der Waals surface area contributed by atoms with Gasteiger partial charge in [0.15, 0.2) is 5.84 Å². The van der Waals surface area contributed by atoms with Crippen LogP contribution in [0.2, 0.25) is 0 Å². The summed E-state index contributed by atoms with van der Waals surface area (Å²) >= 11 is 0. The lowest BCUT2D eigenvalue weighted by Crippen LogP contribution is -2.38. The number of hydrogen-bond donors (Lipinski definition) is 5. The van der Waals surface area contributed by atoms with Crippen LogP contribution in [0.5, 0.6) is 5.75 Å². The summed E-state index contributed by atoms with van der Waals surface area (Å²) in [5, 5.41) is 14.5. The van der Waals surface area contributed by atoms with Crippen molar-refractivity contribution in [3.8, 4) is 5.75 Å². The third kappa shape index (κ3) is 3.83. The highest BCUT2D eigenvalue weighted by Crippen LogP contribution is 2.55. The number of hydrogen-bond acceptors (Lipinski definition) is 7. The van der Waals surface area contributed by atoms with Gasteiger partial charge in [0.1, 0.15) is 16.2 Å². The van der Waals surface area contributed by atoms with Gasteiger partial charge in [-0.15, -0.1) is 4.40 Å². The van der Waals surface area contributed by atoms with Gasteiger partial charge in [0.2, 0.25) is 0 Å². The Morgan fingerprint density at radius 3 is 2.53 bits per heavy atom. The van der Waals surface area contributed by atoms with E-state index in [1.165, 1.54) is 4.68 Å². The first-order chi connectivity index (χ1) is 15.2. The summed E-state index contributed by atoms with van der Waals surface area (Å²) in [4.78, 5) is 13.8. The van der Waals surface area contributed by atoms with Crippen LogP contribution in [0.4, 0.5) is 5.69 Å². The van der Waals surface area contributed by atoms with E-state index in [0.29, 0.717) is 35.0 Å². The molecule has 9 heteroatoms. The molecule has 2 aromatic carbocycles. The Bertz CT molecular complexity index is 1250. The molecule has 1 aliphatic heterocycles. The number of anilines is 1. The number of pyridine rings is 1. The van der Waals surface area contributed by atoms with Gasteiger partial charge in [-0.2, -0.15) is 0 Å². The second kappa shape index (κ2) is 8.50. The minimum Gasteiger partial charge on any atom is -0.506 e. The molecular formula is C23H28N4O4S. The summed E-state index contributed by atoms with van der Waals surface area (Å²) in [6.07, 6.45) is 0.953. The van der Waals surface area contributed by atoms with E-state index in [0.717, 1.165) is 6.42 Å². The fourth-order valence-corrected chi connectivity index (χ4v) is 5.17. The van der Waals surface area contributed by atoms with Crippen LogP contribution in [-0.4, -0.2) is 31.3 Å². The largest absolute Gasteiger partial charge is 0.506 e. The lowest BCUT2D eigenvalue weighted by atomic mass is 9.93. The summed E-state index contributed by atoms with van der Waals surface area (Å²) in [7, 11) is -3.53. The second-order valence-corrected chi connectivity index (χ2v) is 9.90. The summed E-state index contributed by atoms with van der Waals surface area (Å²) < 4.78 is 26.6. The molecule has 1 unspecified atom stereocenters. The van der Waals surface area contributed by atoms with Gasteiger partial charge in [-0.3, -0.25) is 13.9 Å². The molecule has 1 atom stereocenters. The number of nitrogens with one attached hydrogen (secondary N) is 2. The van der Waals surface area contributed by atoms with E-state index in [1.54, 1.807) is 48.5 Å². The Morgan fingerprint density at radius 1 is 1.12 bits per heavy atom. The Kier molecular flexibility index (Phi) is 5.89. The zero-order valence-corrected chi connectivity index (χ0v) is 19.1. The number of aromatic hydroxyl groups is 1. The van der Waals surface area contributed by atoms with Crippen LogP contribution < -0.4 is 16.3 Å². The van der Waals surface area contributed by atoms with Crippen LogP contribution in [0, 0.1) is 11.8 Å². The molecule has 0 saturated carbocycles. The SMILES string of the molecule is CCC(CNn1c(=O)c(C2=NS(O)(O)c3ccccc3N2)c(O)c2ccccc21)C(C)C. The van der Waals surface area contributed by atoms with Crippen LogP contribution in [0.25, 0.3) is 10.9 Å². The molecule has 0 spiro atoms. The highest BCUT2D eigenvalue weighted by molar-refractivity contribution is 8.23. The molecule has 3 aromatic rings. The highest BCUT2D eigenvalue weighted by Gasteiger charge is 2.30. The highest BCUT2D eigenvalue weighted by atomic mass is 32.3. The molecule has 4 rings (SSSR count). The number of rotatable bonds is 6. The summed E-state index contributed by atoms with van der Waals surface area (Å²) in [6, 6.07) is 13.7. The minimum atomic E-state index is -3.53. The average molecular weight is 457 g/mol. The molecule has 2 heterocycles. The summed E-state index contributed by atoms with van der Waals surface area (Å²) in [6.45, 7) is 6.96. The Balaban J connectivity index is 1.88. The van der Waals surface area contributed by atoms with Crippen molar-refractivity contribution in [3.05, 3.63) is 64.4 Å². The summed E-state index contributed by atoms with van der Waals surface area (Å²) in [5.74, 6) is 0.436. The number of para-hydroxylation sites is 2. The van der Waals surface area contributed by atoms with E-state index >= 15 is 0 Å². The lowest BCUT2D eigenvalue weighted by molar-refractivity contribution is 0.382. The molecule has 0 amide bonds. The van der Waals surface area contributed by atoms with E-state index in [4.69, 9.17) is 0 Å². The summed E-state index contributed by atoms with van der Waals surface area (Å²) in [5.41, 5.74) is 3.53. The monoisotopic (exact) mass is 456 g/mol. The molecule has 32 heavy (non-hydrogen) atoms.